The Morgan fingerprint density at radius 3 is 1.52 bits per heavy atom. The zero-order valence-electron chi connectivity index (χ0n) is 14.1. The van der Waals surface area contributed by atoms with E-state index in [0.29, 0.717) is 33.1 Å². The molecule has 2 heterocycles. The first-order chi connectivity index (χ1) is 11.4. The fourth-order valence-electron chi connectivity index (χ4n) is 2.73. The SMILES string of the molecule is C[C@@H](C(F)(F)F)S(=O)(=O)N1CCN(S(=O)(=O)N2CCN(C)CC2)CC1. The molecule has 2 aliphatic rings. The smallest absolute Gasteiger partial charge is 0.304 e. The van der Waals surface area contributed by atoms with Gasteiger partial charge in [0.05, 0.1) is 0 Å². The third kappa shape index (κ3) is 4.45. The summed E-state index contributed by atoms with van der Waals surface area (Å²) in [5.41, 5.74) is 0. The maximum absolute atomic E-state index is 12.7. The molecule has 0 amide bonds. The Bertz CT molecular complexity index is 667. The van der Waals surface area contributed by atoms with E-state index in [-0.39, 0.29) is 26.2 Å². The van der Waals surface area contributed by atoms with Crippen molar-refractivity contribution in [1.29, 1.82) is 0 Å². The lowest BCUT2D eigenvalue weighted by atomic mass is 10.4. The van der Waals surface area contributed by atoms with E-state index in [1.165, 1.54) is 4.31 Å². The van der Waals surface area contributed by atoms with Gasteiger partial charge in [-0.1, -0.05) is 0 Å². The number of hydrogen-bond donors (Lipinski definition) is 0. The highest BCUT2D eigenvalue weighted by Crippen LogP contribution is 2.28. The molecule has 1 atom stereocenters. The van der Waals surface area contributed by atoms with Gasteiger partial charge < -0.3 is 4.90 Å². The molecule has 0 N–H and O–H groups in total. The van der Waals surface area contributed by atoms with E-state index < -0.39 is 31.7 Å². The van der Waals surface area contributed by atoms with Gasteiger partial charge in [-0.3, -0.25) is 0 Å². The van der Waals surface area contributed by atoms with Gasteiger partial charge in [-0.05, 0) is 14.0 Å². The lowest BCUT2D eigenvalue weighted by Gasteiger charge is -2.39. The Kier molecular flexibility index (Phi) is 6.06. The Morgan fingerprint density at radius 2 is 1.12 bits per heavy atom. The summed E-state index contributed by atoms with van der Waals surface area (Å²) in [6.07, 6.45) is -4.86. The first-order valence-corrected chi connectivity index (χ1v) is 10.8. The summed E-state index contributed by atoms with van der Waals surface area (Å²) < 4.78 is 90.6. The zero-order chi connectivity index (χ0) is 19.0. The molecule has 0 unspecified atom stereocenters. The summed E-state index contributed by atoms with van der Waals surface area (Å²) in [6, 6.07) is 0. The summed E-state index contributed by atoms with van der Waals surface area (Å²) >= 11 is 0. The molecule has 13 heteroatoms. The third-order valence-corrected chi connectivity index (χ3v) is 8.86. The molecule has 2 saturated heterocycles. The minimum Gasteiger partial charge on any atom is -0.304 e. The first-order valence-electron chi connectivity index (χ1n) is 7.86. The van der Waals surface area contributed by atoms with E-state index in [1.807, 2.05) is 11.9 Å². The molecule has 0 aromatic carbocycles. The van der Waals surface area contributed by atoms with Gasteiger partial charge in [0.2, 0.25) is 10.0 Å². The van der Waals surface area contributed by atoms with Crippen molar-refractivity contribution in [3.63, 3.8) is 0 Å². The number of piperazine rings is 2. The maximum Gasteiger partial charge on any atom is 0.406 e. The highest BCUT2D eigenvalue weighted by Gasteiger charge is 2.48. The number of hydrogen-bond acceptors (Lipinski definition) is 5. The monoisotopic (exact) mass is 408 g/mol. The van der Waals surface area contributed by atoms with E-state index in [2.05, 4.69) is 0 Å². The van der Waals surface area contributed by atoms with Crippen LogP contribution in [-0.2, 0) is 20.2 Å². The number of alkyl halides is 3. The molecule has 0 bridgehead atoms. The van der Waals surface area contributed by atoms with Gasteiger partial charge in [-0.2, -0.15) is 34.5 Å². The minimum absolute atomic E-state index is 0.154. The summed E-state index contributed by atoms with van der Waals surface area (Å²) in [5.74, 6) is 0. The van der Waals surface area contributed by atoms with Crippen molar-refractivity contribution in [2.75, 3.05) is 59.4 Å². The Morgan fingerprint density at radius 1 is 0.760 bits per heavy atom. The standard InChI is InChI=1S/C12H23F3N4O4S2/c1-11(12(13,14)15)24(20,21)17-7-9-19(10-8-17)25(22,23)18-5-3-16(2)4-6-18/h11H,3-10H2,1-2H3/t11-/m0/s1. The van der Waals surface area contributed by atoms with Gasteiger partial charge in [0.15, 0.2) is 5.25 Å². The van der Waals surface area contributed by atoms with Crippen LogP contribution in [0.3, 0.4) is 0 Å². The van der Waals surface area contributed by atoms with Crippen LogP contribution in [0.4, 0.5) is 13.2 Å². The van der Waals surface area contributed by atoms with E-state index in [0.717, 1.165) is 8.61 Å². The Hall–Kier alpha value is -0.470. The molecule has 25 heavy (non-hydrogen) atoms. The predicted molar refractivity (Wildman–Crippen MR) is 85.6 cm³/mol. The Labute approximate surface area is 146 Å². The van der Waals surface area contributed by atoms with Gasteiger partial charge in [-0.15, -0.1) is 0 Å². The first kappa shape index (κ1) is 20.8. The molecule has 0 spiro atoms. The van der Waals surface area contributed by atoms with Crippen molar-refractivity contribution < 1.29 is 30.0 Å². The second-order valence-electron chi connectivity index (χ2n) is 6.24. The van der Waals surface area contributed by atoms with Gasteiger partial charge in [-0.25, -0.2) is 8.42 Å². The molecule has 0 saturated carbocycles. The van der Waals surface area contributed by atoms with Crippen LogP contribution in [0.1, 0.15) is 6.92 Å². The van der Waals surface area contributed by atoms with Crippen LogP contribution in [-0.4, -0.2) is 105 Å². The van der Waals surface area contributed by atoms with Gasteiger partial charge in [0, 0.05) is 52.4 Å². The van der Waals surface area contributed by atoms with E-state index in [9.17, 15) is 30.0 Å². The molecule has 2 fully saturated rings. The average molecular weight is 408 g/mol. The summed E-state index contributed by atoms with van der Waals surface area (Å²) in [4.78, 5) is 2.00. The van der Waals surface area contributed by atoms with E-state index >= 15 is 0 Å². The molecule has 0 aromatic heterocycles. The molecule has 8 nitrogen and oxygen atoms in total. The van der Waals surface area contributed by atoms with Crippen LogP contribution in [0.15, 0.2) is 0 Å². The topological polar surface area (TPSA) is 81.2 Å². The molecule has 148 valence electrons. The van der Waals surface area contributed by atoms with Crippen LogP contribution in [0.25, 0.3) is 0 Å². The average Bonchev–Trinajstić information content (AvgIpc) is 2.53. The van der Waals surface area contributed by atoms with Gasteiger partial charge in [0.1, 0.15) is 0 Å². The molecule has 0 radical (unpaired) electrons. The Balaban J connectivity index is 2.02. The molecule has 2 aliphatic heterocycles. The zero-order valence-corrected chi connectivity index (χ0v) is 15.7. The fourth-order valence-corrected chi connectivity index (χ4v) is 5.76. The van der Waals surface area contributed by atoms with Crippen molar-refractivity contribution in [1.82, 2.24) is 17.8 Å². The van der Waals surface area contributed by atoms with Crippen LogP contribution >= 0.6 is 0 Å². The molecular formula is C12H23F3N4O4S2. The number of likely N-dealkylation sites (N-methyl/N-ethyl adjacent to an activating group) is 1. The highest BCUT2D eigenvalue weighted by atomic mass is 32.2. The molecular weight excluding hydrogens is 385 g/mol. The number of halogens is 3. The number of nitrogens with zero attached hydrogens (tertiary/aromatic N) is 4. The predicted octanol–water partition coefficient (Wildman–Crippen LogP) is -0.623. The molecule has 2 rings (SSSR count). The lowest BCUT2D eigenvalue weighted by Crippen LogP contribution is -2.58. The van der Waals surface area contributed by atoms with Crippen molar-refractivity contribution in [2.45, 2.75) is 18.3 Å². The summed E-state index contributed by atoms with van der Waals surface area (Å²) in [6.45, 7) is 1.59. The van der Waals surface area contributed by atoms with Gasteiger partial charge >= 0.3 is 6.18 Å². The fraction of sp³-hybridized carbons (Fsp3) is 1.00. The number of sulfonamides is 1. The largest absolute Gasteiger partial charge is 0.406 e. The normalized spacial score (nSPS) is 25.2. The van der Waals surface area contributed by atoms with Crippen molar-refractivity contribution >= 4 is 20.2 Å². The maximum atomic E-state index is 12.7. The van der Waals surface area contributed by atoms with Crippen molar-refractivity contribution in [3.05, 3.63) is 0 Å². The van der Waals surface area contributed by atoms with Gasteiger partial charge in [0.25, 0.3) is 10.2 Å². The van der Waals surface area contributed by atoms with Crippen LogP contribution in [0.5, 0.6) is 0 Å². The summed E-state index contributed by atoms with van der Waals surface area (Å²) in [5, 5.41) is -2.51. The summed E-state index contributed by atoms with van der Waals surface area (Å²) in [7, 11) is -6.40. The molecule has 0 aromatic rings. The van der Waals surface area contributed by atoms with E-state index in [4.69, 9.17) is 0 Å². The second-order valence-corrected chi connectivity index (χ2v) is 10.4. The lowest BCUT2D eigenvalue weighted by molar-refractivity contribution is -0.127. The number of rotatable bonds is 4. The second kappa shape index (κ2) is 7.27. The van der Waals surface area contributed by atoms with Crippen molar-refractivity contribution in [2.24, 2.45) is 0 Å². The third-order valence-electron chi connectivity index (χ3n) is 4.58. The van der Waals surface area contributed by atoms with Crippen LogP contribution in [0.2, 0.25) is 0 Å². The highest BCUT2D eigenvalue weighted by molar-refractivity contribution is 7.89. The van der Waals surface area contributed by atoms with Crippen LogP contribution < -0.4 is 0 Å². The quantitative estimate of drug-likeness (QED) is 0.619. The van der Waals surface area contributed by atoms with Crippen LogP contribution in [0, 0.1) is 0 Å². The van der Waals surface area contributed by atoms with E-state index in [1.54, 1.807) is 0 Å². The molecule has 0 aliphatic carbocycles. The van der Waals surface area contributed by atoms with Crippen molar-refractivity contribution in [3.8, 4) is 0 Å². The minimum atomic E-state index is -4.86.